The van der Waals surface area contributed by atoms with Gasteiger partial charge in [0.2, 0.25) is 0 Å². The van der Waals surface area contributed by atoms with E-state index >= 15 is 0 Å². The molecule has 2 nitrogen and oxygen atoms in total. The van der Waals surface area contributed by atoms with Crippen LogP contribution >= 0.6 is 0 Å². The van der Waals surface area contributed by atoms with Crippen molar-refractivity contribution in [2.24, 2.45) is 0 Å². The third-order valence-corrected chi connectivity index (χ3v) is 5.55. The minimum Gasteiger partial charge on any atom is -0.390 e. The molecule has 0 bridgehead atoms. The Balaban J connectivity index is 0.000000152. The minimum absolute atomic E-state index is 0.612. The second-order valence-electron chi connectivity index (χ2n) is 7.39. The molecular weight excluding hydrogens is 320 g/mol. The van der Waals surface area contributed by atoms with Crippen LogP contribution < -0.4 is 0 Å². The van der Waals surface area contributed by atoms with Crippen LogP contribution in [0.25, 0.3) is 5.57 Å². The van der Waals surface area contributed by atoms with Crippen LogP contribution in [0.2, 0.25) is 0 Å². The second-order valence-corrected chi connectivity index (χ2v) is 7.39. The smallest absolute Gasteiger partial charge is 0.115 e. The molecule has 0 saturated heterocycles. The molecule has 138 valence electrons. The largest absolute Gasteiger partial charge is 0.390 e. The van der Waals surface area contributed by atoms with Crippen molar-refractivity contribution < 1.29 is 10.2 Å². The molecule has 0 radical (unpaired) electrons. The van der Waals surface area contributed by atoms with E-state index in [0.29, 0.717) is 12.8 Å². The van der Waals surface area contributed by atoms with Crippen molar-refractivity contribution in [1.82, 2.24) is 0 Å². The van der Waals surface area contributed by atoms with Gasteiger partial charge in [0.25, 0.3) is 0 Å². The third kappa shape index (κ3) is 4.63. The zero-order chi connectivity index (χ0) is 18.2. The maximum absolute atomic E-state index is 10.4. The SMILES string of the molecule is C1=C(c2ccccc2)CCCC1.O[C@@H]1CCCC[C@@]1(O)c1ccccc1. The lowest BCUT2D eigenvalue weighted by Gasteiger charge is -2.37. The van der Waals surface area contributed by atoms with Crippen molar-refractivity contribution in [1.29, 1.82) is 0 Å². The van der Waals surface area contributed by atoms with E-state index in [1.54, 1.807) is 5.57 Å². The normalized spacial score (nSPS) is 25.6. The first-order valence-electron chi connectivity index (χ1n) is 9.90. The van der Waals surface area contributed by atoms with E-state index in [2.05, 4.69) is 36.4 Å². The number of rotatable bonds is 2. The Morgan fingerprint density at radius 1 is 0.808 bits per heavy atom. The summed E-state index contributed by atoms with van der Waals surface area (Å²) in [4.78, 5) is 0. The summed E-state index contributed by atoms with van der Waals surface area (Å²) in [6.07, 6.45) is 10.4. The van der Waals surface area contributed by atoms with Gasteiger partial charge in [-0.1, -0.05) is 79.6 Å². The van der Waals surface area contributed by atoms with Gasteiger partial charge in [-0.2, -0.15) is 0 Å². The van der Waals surface area contributed by atoms with E-state index in [1.807, 2.05) is 30.3 Å². The highest BCUT2D eigenvalue weighted by atomic mass is 16.3. The summed E-state index contributed by atoms with van der Waals surface area (Å²) < 4.78 is 0. The fraction of sp³-hybridized carbons (Fsp3) is 0.417. The van der Waals surface area contributed by atoms with E-state index < -0.39 is 11.7 Å². The Bertz CT molecular complexity index is 693. The minimum atomic E-state index is -1.01. The van der Waals surface area contributed by atoms with Crippen molar-refractivity contribution in [3.8, 4) is 0 Å². The van der Waals surface area contributed by atoms with Crippen LogP contribution in [0.3, 0.4) is 0 Å². The van der Waals surface area contributed by atoms with Crippen molar-refractivity contribution in [2.75, 3.05) is 0 Å². The van der Waals surface area contributed by atoms with Gasteiger partial charge in [-0.15, -0.1) is 0 Å². The summed E-state index contributed by atoms with van der Waals surface area (Å²) in [5.41, 5.74) is 2.78. The lowest BCUT2D eigenvalue weighted by atomic mass is 9.77. The molecular formula is C24H30O2. The van der Waals surface area contributed by atoms with Gasteiger partial charge in [-0.3, -0.25) is 0 Å². The quantitative estimate of drug-likeness (QED) is 0.756. The van der Waals surface area contributed by atoms with Gasteiger partial charge in [-0.05, 0) is 55.2 Å². The molecule has 2 aromatic carbocycles. The number of aliphatic hydroxyl groups excluding tert-OH is 1. The van der Waals surface area contributed by atoms with Crippen LogP contribution in [0.5, 0.6) is 0 Å². The van der Waals surface area contributed by atoms with Crippen LogP contribution in [0.4, 0.5) is 0 Å². The monoisotopic (exact) mass is 350 g/mol. The summed E-state index contributed by atoms with van der Waals surface area (Å²) in [5.74, 6) is 0. The number of allylic oxidation sites excluding steroid dienone is 2. The topological polar surface area (TPSA) is 40.5 Å². The van der Waals surface area contributed by atoms with Gasteiger partial charge in [0.1, 0.15) is 5.60 Å². The average molecular weight is 351 g/mol. The summed E-state index contributed by atoms with van der Waals surface area (Å²) in [5, 5.41) is 20.2. The summed E-state index contributed by atoms with van der Waals surface area (Å²) in [6.45, 7) is 0. The fourth-order valence-electron chi connectivity index (χ4n) is 3.95. The Kier molecular flexibility index (Phi) is 6.65. The molecule has 0 aromatic heterocycles. The van der Waals surface area contributed by atoms with Gasteiger partial charge in [-0.25, -0.2) is 0 Å². The highest BCUT2D eigenvalue weighted by Crippen LogP contribution is 2.36. The van der Waals surface area contributed by atoms with Crippen molar-refractivity contribution >= 4 is 5.57 Å². The van der Waals surface area contributed by atoms with Crippen LogP contribution in [0.15, 0.2) is 66.7 Å². The molecule has 2 aromatic rings. The van der Waals surface area contributed by atoms with E-state index in [1.165, 1.54) is 31.2 Å². The fourth-order valence-corrected chi connectivity index (χ4v) is 3.95. The van der Waals surface area contributed by atoms with Gasteiger partial charge in [0, 0.05) is 0 Å². The van der Waals surface area contributed by atoms with E-state index in [4.69, 9.17) is 0 Å². The average Bonchev–Trinajstić information content (AvgIpc) is 2.73. The Morgan fingerprint density at radius 3 is 2.12 bits per heavy atom. The molecule has 0 aliphatic heterocycles. The number of benzene rings is 2. The van der Waals surface area contributed by atoms with E-state index in [9.17, 15) is 10.2 Å². The second kappa shape index (κ2) is 9.16. The summed E-state index contributed by atoms with van der Waals surface area (Å²) in [7, 11) is 0. The maximum Gasteiger partial charge on any atom is 0.115 e. The molecule has 1 saturated carbocycles. The van der Waals surface area contributed by atoms with Crippen LogP contribution in [0.1, 0.15) is 62.5 Å². The Morgan fingerprint density at radius 2 is 1.50 bits per heavy atom. The number of hydrogen-bond donors (Lipinski definition) is 2. The highest BCUT2D eigenvalue weighted by Gasteiger charge is 2.39. The number of hydrogen-bond acceptors (Lipinski definition) is 2. The Hall–Kier alpha value is -1.90. The predicted molar refractivity (Wildman–Crippen MR) is 108 cm³/mol. The van der Waals surface area contributed by atoms with Gasteiger partial charge < -0.3 is 10.2 Å². The van der Waals surface area contributed by atoms with Crippen molar-refractivity contribution in [3.63, 3.8) is 0 Å². The molecule has 2 aliphatic carbocycles. The lowest BCUT2D eigenvalue weighted by molar-refractivity contribution is -0.106. The van der Waals surface area contributed by atoms with Crippen molar-refractivity contribution in [3.05, 3.63) is 77.9 Å². The molecule has 0 amide bonds. The zero-order valence-electron chi connectivity index (χ0n) is 15.5. The third-order valence-electron chi connectivity index (χ3n) is 5.55. The molecule has 2 aliphatic rings. The van der Waals surface area contributed by atoms with Gasteiger partial charge in [0.05, 0.1) is 6.10 Å². The standard InChI is InChI=1S/C12H16O2.C12H14/c13-11-8-4-5-9-12(11,14)10-6-2-1-3-7-10;1-3-7-11(8-4-1)12-9-5-2-6-10-12/h1-3,6-7,11,13-14H,4-5,8-9H2;1,3-4,7-9H,2,5-6,10H2/t11-,12-;/m1./s1. The summed E-state index contributed by atoms with van der Waals surface area (Å²) in [6, 6.07) is 20.2. The molecule has 2 atom stereocenters. The molecule has 0 heterocycles. The molecule has 2 N–H and O–H groups in total. The van der Waals surface area contributed by atoms with Crippen LogP contribution in [-0.2, 0) is 5.60 Å². The van der Waals surface area contributed by atoms with Gasteiger partial charge in [0.15, 0.2) is 0 Å². The van der Waals surface area contributed by atoms with Crippen LogP contribution in [0, 0.1) is 0 Å². The molecule has 0 unspecified atom stereocenters. The van der Waals surface area contributed by atoms with Gasteiger partial charge >= 0.3 is 0 Å². The van der Waals surface area contributed by atoms with E-state index in [-0.39, 0.29) is 0 Å². The molecule has 1 fully saturated rings. The maximum atomic E-state index is 10.4. The molecule has 4 rings (SSSR count). The summed E-state index contributed by atoms with van der Waals surface area (Å²) >= 11 is 0. The first kappa shape index (κ1) is 18.9. The van der Waals surface area contributed by atoms with E-state index in [0.717, 1.165) is 18.4 Å². The molecule has 0 spiro atoms. The van der Waals surface area contributed by atoms with Crippen molar-refractivity contribution in [2.45, 2.75) is 63.1 Å². The predicted octanol–water partition coefficient (Wildman–Crippen LogP) is 5.45. The molecule has 2 heteroatoms. The zero-order valence-corrected chi connectivity index (χ0v) is 15.5. The first-order valence-corrected chi connectivity index (χ1v) is 9.90. The number of aliphatic hydroxyl groups is 2. The Labute approximate surface area is 157 Å². The first-order chi connectivity index (χ1) is 12.7. The lowest BCUT2D eigenvalue weighted by Crippen LogP contribution is -2.41. The van der Waals surface area contributed by atoms with Crippen LogP contribution in [-0.4, -0.2) is 16.3 Å². The molecule has 26 heavy (non-hydrogen) atoms. The highest BCUT2D eigenvalue weighted by molar-refractivity contribution is 5.65.